The van der Waals surface area contributed by atoms with Crippen LogP contribution in [0.5, 0.6) is 0 Å². The van der Waals surface area contributed by atoms with E-state index >= 15 is 0 Å². The average Bonchev–Trinajstić information content (AvgIpc) is 2.74. The summed E-state index contributed by atoms with van der Waals surface area (Å²) < 4.78 is 0. The zero-order valence-corrected chi connectivity index (χ0v) is 16.9. The molecule has 0 saturated heterocycles. The molecular formula is C24H24OS2. The number of hydrogen-bond donors (Lipinski definition) is 0. The van der Waals surface area contributed by atoms with Gasteiger partial charge in [0.2, 0.25) is 0 Å². The Morgan fingerprint density at radius 1 is 0.630 bits per heavy atom. The van der Waals surface area contributed by atoms with E-state index in [0.29, 0.717) is 0 Å². The van der Waals surface area contributed by atoms with E-state index in [0.717, 1.165) is 28.6 Å². The first-order valence-corrected chi connectivity index (χ1v) is 11.5. The largest absolute Gasteiger partial charge is 0.294 e. The van der Waals surface area contributed by atoms with Crippen LogP contribution in [0.15, 0.2) is 91.0 Å². The van der Waals surface area contributed by atoms with Crippen LogP contribution < -0.4 is 0 Å². The Hall–Kier alpha value is -1.97. The Kier molecular flexibility index (Phi) is 8.06. The zero-order chi connectivity index (χ0) is 18.7. The van der Waals surface area contributed by atoms with E-state index in [1.54, 1.807) is 0 Å². The van der Waals surface area contributed by atoms with Gasteiger partial charge in [-0.25, -0.2) is 0 Å². The van der Waals surface area contributed by atoms with E-state index in [4.69, 9.17) is 0 Å². The fourth-order valence-corrected chi connectivity index (χ4v) is 5.17. The molecule has 3 aromatic carbocycles. The molecule has 0 amide bonds. The fourth-order valence-electron chi connectivity index (χ4n) is 2.82. The molecule has 0 aliphatic heterocycles. The predicted molar refractivity (Wildman–Crippen MR) is 119 cm³/mol. The van der Waals surface area contributed by atoms with E-state index in [1.807, 2.05) is 66.0 Å². The smallest absolute Gasteiger partial charge is 0.167 e. The second-order valence-corrected chi connectivity index (χ2v) is 8.49. The summed E-state index contributed by atoms with van der Waals surface area (Å²) >= 11 is 3.70. The van der Waals surface area contributed by atoms with E-state index in [1.165, 1.54) is 11.1 Å². The van der Waals surface area contributed by atoms with Crippen molar-refractivity contribution in [1.29, 1.82) is 0 Å². The lowest BCUT2D eigenvalue weighted by molar-refractivity contribution is 0.0944. The van der Waals surface area contributed by atoms with E-state index < -0.39 is 0 Å². The van der Waals surface area contributed by atoms with Gasteiger partial charge in [-0.3, -0.25) is 4.79 Å². The number of hydrogen-bond acceptors (Lipinski definition) is 3. The Morgan fingerprint density at radius 2 is 1.04 bits per heavy atom. The Labute approximate surface area is 170 Å². The Bertz CT molecular complexity index is 758. The van der Waals surface area contributed by atoms with E-state index in [2.05, 4.69) is 48.5 Å². The van der Waals surface area contributed by atoms with Crippen LogP contribution in [0.25, 0.3) is 0 Å². The topological polar surface area (TPSA) is 17.1 Å². The summed E-state index contributed by atoms with van der Waals surface area (Å²) in [5.41, 5.74) is 3.44. The molecule has 0 aliphatic rings. The molecule has 0 unspecified atom stereocenters. The summed E-state index contributed by atoms with van der Waals surface area (Å²) in [6, 6.07) is 30.6. The van der Waals surface area contributed by atoms with Crippen LogP contribution in [0.3, 0.4) is 0 Å². The molecule has 1 nitrogen and oxygen atoms in total. The predicted octanol–water partition coefficient (Wildman–Crippen LogP) is 6.35. The van der Waals surface area contributed by atoms with Crippen LogP contribution in [0.4, 0.5) is 0 Å². The third kappa shape index (κ3) is 6.60. The second kappa shape index (κ2) is 11.0. The van der Waals surface area contributed by atoms with Gasteiger partial charge in [0.05, 0.1) is 0 Å². The SMILES string of the molecule is O=C(c1ccccc1)C(CSCc1ccccc1)CSCc1ccccc1. The van der Waals surface area contributed by atoms with Crippen molar-refractivity contribution >= 4 is 29.3 Å². The van der Waals surface area contributed by atoms with Gasteiger partial charge in [0.15, 0.2) is 5.78 Å². The minimum Gasteiger partial charge on any atom is -0.294 e. The standard InChI is InChI=1S/C24H24OS2/c25-24(22-14-8-3-9-15-22)23(18-26-16-20-10-4-1-5-11-20)19-27-17-21-12-6-2-7-13-21/h1-15,23H,16-19H2. The van der Waals surface area contributed by atoms with Gasteiger partial charge in [-0.05, 0) is 11.1 Å². The van der Waals surface area contributed by atoms with Crippen molar-refractivity contribution in [1.82, 2.24) is 0 Å². The molecule has 0 fully saturated rings. The van der Waals surface area contributed by atoms with Gasteiger partial charge in [0, 0.05) is 34.5 Å². The number of thioether (sulfide) groups is 2. The Balaban J connectivity index is 1.58. The van der Waals surface area contributed by atoms with Crippen LogP contribution in [-0.2, 0) is 11.5 Å². The van der Waals surface area contributed by atoms with Crippen LogP contribution in [0.1, 0.15) is 21.5 Å². The monoisotopic (exact) mass is 392 g/mol. The summed E-state index contributed by atoms with van der Waals surface area (Å²) in [7, 11) is 0. The lowest BCUT2D eigenvalue weighted by Crippen LogP contribution is -2.20. The zero-order valence-electron chi connectivity index (χ0n) is 15.3. The first kappa shape index (κ1) is 19.8. The number of benzene rings is 3. The van der Waals surface area contributed by atoms with Crippen molar-refractivity contribution in [2.24, 2.45) is 5.92 Å². The molecule has 0 heterocycles. The van der Waals surface area contributed by atoms with Crippen molar-refractivity contribution in [2.75, 3.05) is 11.5 Å². The third-order valence-corrected chi connectivity index (χ3v) is 6.64. The van der Waals surface area contributed by atoms with Gasteiger partial charge < -0.3 is 0 Å². The molecule has 0 atom stereocenters. The van der Waals surface area contributed by atoms with Crippen molar-refractivity contribution in [3.63, 3.8) is 0 Å². The molecule has 3 heteroatoms. The number of ketones is 1. The summed E-state index contributed by atoms with van der Waals surface area (Å²) in [5, 5.41) is 0. The van der Waals surface area contributed by atoms with Gasteiger partial charge >= 0.3 is 0 Å². The molecule has 0 N–H and O–H groups in total. The minimum absolute atomic E-state index is 0.0369. The molecule has 0 aliphatic carbocycles. The molecule has 0 spiro atoms. The molecule has 138 valence electrons. The number of carbonyl (C=O) groups is 1. The first-order chi connectivity index (χ1) is 13.3. The van der Waals surface area contributed by atoms with Crippen LogP contribution in [-0.4, -0.2) is 17.3 Å². The van der Waals surface area contributed by atoms with Gasteiger partial charge in [0.25, 0.3) is 0 Å². The van der Waals surface area contributed by atoms with Crippen molar-refractivity contribution < 1.29 is 4.79 Å². The maximum Gasteiger partial charge on any atom is 0.167 e. The molecule has 0 aromatic heterocycles. The summed E-state index contributed by atoms with van der Waals surface area (Å²) in [4.78, 5) is 13.0. The lowest BCUT2D eigenvalue weighted by Gasteiger charge is -2.16. The average molecular weight is 393 g/mol. The van der Waals surface area contributed by atoms with E-state index in [9.17, 15) is 4.79 Å². The van der Waals surface area contributed by atoms with Crippen molar-refractivity contribution in [3.05, 3.63) is 108 Å². The minimum atomic E-state index is 0.0369. The maximum atomic E-state index is 13.0. The lowest BCUT2D eigenvalue weighted by atomic mass is 10.0. The summed E-state index contributed by atoms with van der Waals surface area (Å²) in [6.45, 7) is 0. The van der Waals surface area contributed by atoms with Crippen LogP contribution in [0, 0.1) is 5.92 Å². The normalized spacial score (nSPS) is 10.9. The Morgan fingerprint density at radius 3 is 1.48 bits per heavy atom. The second-order valence-electron chi connectivity index (χ2n) is 6.43. The van der Waals surface area contributed by atoms with Gasteiger partial charge in [-0.2, -0.15) is 23.5 Å². The first-order valence-electron chi connectivity index (χ1n) is 9.15. The molecular weight excluding hydrogens is 368 g/mol. The van der Waals surface area contributed by atoms with Crippen LogP contribution >= 0.6 is 23.5 Å². The fraction of sp³-hybridized carbons (Fsp3) is 0.208. The number of rotatable bonds is 10. The highest BCUT2D eigenvalue weighted by molar-refractivity contribution is 7.99. The summed E-state index contributed by atoms with van der Waals surface area (Å²) in [6.07, 6.45) is 0. The molecule has 0 saturated carbocycles. The highest BCUT2D eigenvalue weighted by Gasteiger charge is 2.20. The number of carbonyl (C=O) groups excluding carboxylic acids is 1. The van der Waals surface area contributed by atoms with Gasteiger partial charge in [-0.1, -0.05) is 91.0 Å². The molecule has 3 rings (SSSR count). The molecule has 3 aromatic rings. The van der Waals surface area contributed by atoms with Gasteiger partial charge in [0.1, 0.15) is 0 Å². The highest BCUT2D eigenvalue weighted by Crippen LogP contribution is 2.24. The molecule has 27 heavy (non-hydrogen) atoms. The van der Waals surface area contributed by atoms with Crippen molar-refractivity contribution in [2.45, 2.75) is 11.5 Å². The molecule has 0 bridgehead atoms. The quantitative estimate of drug-likeness (QED) is 0.374. The third-order valence-electron chi connectivity index (χ3n) is 4.29. The van der Waals surface area contributed by atoms with Crippen molar-refractivity contribution in [3.8, 4) is 0 Å². The number of Topliss-reactive ketones (excluding diaryl/α,β-unsaturated/α-hetero) is 1. The summed E-state index contributed by atoms with van der Waals surface area (Å²) in [5.74, 6) is 3.90. The van der Waals surface area contributed by atoms with Crippen LogP contribution in [0.2, 0.25) is 0 Å². The molecule has 0 radical (unpaired) electrons. The van der Waals surface area contributed by atoms with Gasteiger partial charge in [-0.15, -0.1) is 0 Å². The maximum absolute atomic E-state index is 13.0. The van der Waals surface area contributed by atoms with E-state index in [-0.39, 0.29) is 11.7 Å². The highest BCUT2D eigenvalue weighted by atomic mass is 32.2.